The van der Waals surface area contributed by atoms with Crippen molar-refractivity contribution in [2.45, 2.75) is 18.4 Å². The number of nitrogens with one attached hydrogen (secondary N) is 2. The Labute approximate surface area is 192 Å². The number of hydrogen-bond donors (Lipinski definition) is 2. The molecule has 2 N–H and O–H groups in total. The van der Waals surface area contributed by atoms with Crippen LogP contribution in [-0.4, -0.2) is 34.0 Å². The molecule has 0 radical (unpaired) electrons. The van der Waals surface area contributed by atoms with Gasteiger partial charge in [0.25, 0.3) is 15.9 Å². The first kappa shape index (κ1) is 23.8. The number of carbonyl (C=O) groups excluding carboxylic acids is 2. The van der Waals surface area contributed by atoms with Crippen molar-refractivity contribution in [2.24, 2.45) is 0 Å². The van der Waals surface area contributed by atoms with Crippen molar-refractivity contribution in [1.82, 2.24) is 5.32 Å². The summed E-state index contributed by atoms with van der Waals surface area (Å²) < 4.78 is 37.9. The molecule has 0 aromatic heterocycles. The maximum absolute atomic E-state index is 12.7. The Hall–Kier alpha value is -3.85. The summed E-state index contributed by atoms with van der Waals surface area (Å²) >= 11 is 0. The second kappa shape index (κ2) is 10.6. The summed E-state index contributed by atoms with van der Waals surface area (Å²) in [5.74, 6) is -0.676. The molecule has 0 aliphatic carbocycles. The van der Waals surface area contributed by atoms with E-state index in [0.717, 1.165) is 11.1 Å². The number of aryl methyl sites for hydroxylation is 1. The maximum atomic E-state index is 12.7. The average molecular weight is 469 g/mol. The lowest BCUT2D eigenvalue weighted by Crippen LogP contribution is -2.28. The summed E-state index contributed by atoms with van der Waals surface area (Å²) in [5, 5.41) is 2.69. The molecule has 0 unspecified atom stereocenters. The van der Waals surface area contributed by atoms with Crippen LogP contribution in [0.25, 0.3) is 0 Å². The van der Waals surface area contributed by atoms with Gasteiger partial charge < -0.3 is 14.8 Å². The first-order chi connectivity index (χ1) is 15.8. The maximum Gasteiger partial charge on any atom is 0.338 e. The van der Waals surface area contributed by atoms with E-state index < -0.39 is 28.5 Å². The van der Waals surface area contributed by atoms with Crippen molar-refractivity contribution < 1.29 is 27.5 Å². The van der Waals surface area contributed by atoms with Gasteiger partial charge in [-0.15, -0.1) is 0 Å². The van der Waals surface area contributed by atoms with E-state index in [2.05, 4.69) is 10.0 Å². The lowest BCUT2D eigenvalue weighted by atomic mass is 10.1. The van der Waals surface area contributed by atoms with Crippen molar-refractivity contribution in [3.63, 3.8) is 0 Å². The molecular weight excluding hydrogens is 444 g/mol. The molecule has 9 heteroatoms. The molecule has 0 saturated carbocycles. The van der Waals surface area contributed by atoms with Gasteiger partial charge in [-0.1, -0.05) is 30.3 Å². The average Bonchev–Trinajstić information content (AvgIpc) is 2.82. The van der Waals surface area contributed by atoms with Crippen LogP contribution < -0.4 is 14.8 Å². The Morgan fingerprint density at radius 2 is 1.67 bits per heavy atom. The molecule has 0 fully saturated rings. The highest BCUT2D eigenvalue weighted by Gasteiger charge is 2.18. The number of rotatable bonds is 9. The van der Waals surface area contributed by atoms with Gasteiger partial charge in [0.2, 0.25) is 0 Å². The lowest BCUT2D eigenvalue weighted by Gasteiger charge is -2.11. The monoisotopic (exact) mass is 468 g/mol. The van der Waals surface area contributed by atoms with E-state index in [4.69, 9.17) is 9.47 Å². The molecule has 0 heterocycles. The second-order valence-corrected chi connectivity index (χ2v) is 8.82. The van der Waals surface area contributed by atoms with Gasteiger partial charge in [0.15, 0.2) is 6.61 Å². The summed E-state index contributed by atoms with van der Waals surface area (Å²) in [6.07, 6.45) is 0. The smallest absolute Gasteiger partial charge is 0.338 e. The van der Waals surface area contributed by atoms with Crippen molar-refractivity contribution in [2.75, 3.05) is 18.4 Å². The van der Waals surface area contributed by atoms with Crippen molar-refractivity contribution >= 4 is 27.6 Å². The molecule has 3 rings (SSSR count). The summed E-state index contributed by atoms with van der Waals surface area (Å²) in [7, 11) is -2.43. The van der Waals surface area contributed by atoms with Crippen molar-refractivity contribution in [3.05, 3.63) is 89.5 Å². The Kier molecular flexibility index (Phi) is 7.68. The van der Waals surface area contributed by atoms with Crippen molar-refractivity contribution in [1.29, 1.82) is 0 Å². The van der Waals surface area contributed by atoms with Gasteiger partial charge >= 0.3 is 5.97 Å². The first-order valence-electron chi connectivity index (χ1n) is 10.0. The molecule has 0 bridgehead atoms. The number of amides is 1. The highest BCUT2D eigenvalue weighted by atomic mass is 32.2. The molecule has 0 aliphatic rings. The van der Waals surface area contributed by atoms with Gasteiger partial charge in [0.05, 0.1) is 17.6 Å². The number of esters is 1. The standard InChI is InChI=1S/C24H24N2O6S/c1-17-6-3-4-7-19(17)15-25-23(27)16-32-24(28)18-8-5-9-22(14-18)33(29,30)26-20-10-12-21(31-2)13-11-20/h3-14,26H,15-16H2,1-2H3,(H,25,27). The minimum absolute atomic E-state index is 0.0132. The van der Waals surface area contributed by atoms with Crippen LogP contribution in [0.3, 0.4) is 0 Å². The largest absolute Gasteiger partial charge is 0.497 e. The molecule has 3 aromatic carbocycles. The van der Waals surface area contributed by atoms with Gasteiger partial charge in [0, 0.05) is 12.2 Å². The van der Waals surface area contributed by atoms with Gasteiger partial charge in [-0.3, -0.25) is 9.52 Å². The van der Waals surface area contributed by atoms with Crippen LogP contribution in [0.15, 0.2) is 77.7 Å². The van der Waals surface area contributed by atoms with E-state index in [-0.39, 0.29) is 10.5 Å². The summed E-state index contributed by atoms with van der Waals surface area (Å²) in [4.78, 5) is 24.3. The number of sulfonamides is 1. The quantitative estimate of drug-likeness (QED) is 0.467. The van der Waals surface area contributed by atoms with E-state index in [9.17, 15) is 18.0 Å². The number of ether oxygens (including phenoxy) is 2. The Morgan fingerprint density at radius 1 is 0.939 bits per heavy atom. The fourth-order valence-electron chi connectivity index (χ4n) is 2.93. The third-order valence-electron chi connectivity index (χ3n) is 4.79. The highest BCUT2D eigenvalue weighted by Crippen LogP contribution is 2.20. The number of hydrogen-bond acceptors (Lipinski definition) is 6. The van der Waals surface area contributed by atoms with Gasteiger partial charge in [0.1, 0.15) is 5.75 Å². The highest BCUT2D eigenvalue weighted by molar-refractivity contribution is 7.92. The zero-order chi connectivity index (χ0) is 23.8. The SMILES string of the molecule is COc1ccc(NS(=O)(=O)c2cccc(C(=O)OCC(=O)NCc3ccccc3C)c2)cc1. The Bertz CT molecular complexity index is 1240. The zero-order valence-electron chi connectivity index (χ0n) is 18.2. The van der Waals surface area contributed by atoms with Crippen LogP contribution in [0.4, 0.5) is 5.69 Å². The van der Waals surface area contributed by atoms with E-state index in [1.165, 1.54) is 31.4 Å². The van der Waals surface area contributed by atoms with Gasteiger partial charge in [-0.25, -0.2) is 13.2 Å². The first-order valence-corrected chi connectivity index (χ1v) is 11.5. The van der Waals surface area contributed by atoms with Crippen molar-refractivity contribution in [3.8, 4) is 5.75 Å². The number of carbonyl (C=O) groups is 2. The molecule has 0 saturated heterocycles. The fraction of sp³-hybridized carbons (Fsp3) is 0.167. The minimum atomic E-state index is -3.94. The molecular formula is C24H24N2O6S. The molecule has 8 nitrogen and oxygen atoms in total. The fourth-order valence-corrected chi connectivity index (χ4v) is 4.04. The number of methoxy groups -OCH3 is 1. The molecule has 0 aliphatic heterocycles. The van der Waals surface area contributed by atoms with Crippen LogP contribution in [0.5, 0.6) is 5.75 Å². The summed E-state index contributed by atoms with van der Waals surface area (Å²) in [6, 6.07) is 19.4. The molecule has 0 spiro atoms. The van der Waals surface area contributed by atoms with Crippen LogP contribution in [0, 0.1) is 6.92 Å². The minimum Gasteiger partial charge on any atom is -0.497 e. The zero-order valence-corrected chi connectivity index (χ0v) is 19.0. The lowest BCUT2D eigenvalue weighted by molar-refractivity contribution is -0.124. The van der Waals surface area contributed by atoms with Crippen LogP contribution in [0.2, 0.25) is 0 Å². The second-order valence-electron chi connectivity index (χ2n) is 7.14. The van der Waals surface area contributed by atoms with E-state index >= 15 is 0 Å². The van der Waals surface area contributed by atoms with Gasteiger partial charge in [-0.05, 0) is 60.5 Å². The van der Waals surface area contributed by atoms with E-state index in [0.29, 0.717) is 18.0 Å². The molecule has 3 aromatic rings. The van der Waals surface area contributed by atoms with Gasteiger partial charge in [-0.2, -0.15) is 0 Å². The number of benzene rings is 3. The Balaban J connectivity index is 1.59. The van der Waals surface area contributed by atoms with E-state index in [1.807, 2.05) is 31.2 Å². The predicted octanol–water partition coefficient (Wildman–Crippen LogP) is 3.28. The third kappa shape index (κ3) is 6.56. The topological polar surface area (TPSA) is 111 Å². The molecule has 1 amide bonds. The Morgan fingerprint density at radius 3 is 2.36 bits per heavy atom. The number of anilines is 1. The van der Waals surface area contributed by atoms with E-state index in [1.54, 1.807) is 24.3 Å². The molecule has 172 valence electrons. The normalized spacial score (nSPS) is 10.8. The summed E-state index contributed by atoms with van der Waals surface area (Å²) in [6.45, 7) is 1.77. The van der Waals surface area contributed by atoms with Crippen LogP contribution >= 0.6 is 0 Å². The summed E-state index contributed by atoms with van der Waals surface area (Å²) in [5.41, 5.74) is 2.35. The molecule has 33 heavy (non-hydrogen) atoms. The third-order valence-corrected chi connectivity index (χ3v) is 6.17. The van der Waals surface area contributed by atoms with Crippen LogP contribution in [-0.2, 0) is 26.1 Å². The van der Waals surface area contributed by atoms with Crippen LogP contribution in [0.1, 0.15) is 21.5 Å². The predicted molar refractivity (Wildman–Crippen MR) is 124 cm³/mol. The molecule has 0 atom stereocenters.